The van der Waals surface area contributed by atoms with E-state index in [4.69, 9.17) is 16.3 Å². The number of rotatable bonds is 5. The topological polar surface area (TPSA) is 127 Å². The maximum absolute atomic E-state index is 13.1. The minimum Gasteiger partial charge on any atom is -0.456 e. The number of carbonyl (C=O) groups excluding carboxylic acids is 4. The molecule has 1 saturated heterocycles. The summed E-state index contributed by atoms with van der Waals surface area (Å²) in [5.74, 6) is -2.36. The van der Waals surface area contributed by atoms with Gasteiger partial charge in [-0.25, -0.2) is 4.79 Å². The van der Waals surface area contributed by atoms with E-state index in [1.807, 2.05) is 0 Å². The number of nitro groups is 1. The van der Waals surface area contributed by atoms with Crippen LogP contribution in [0.4, 0.5) is 5.69 Å². The van der Waals surface area contributed by atoms with Crippen molar-refractivity contribution in [3.8, 4) is 0 Å². The maximum atomic E-state index is 13.1. The molecule has 3 aliphatic heterocycles. The molecule has 0 radical (unpaired) electrons. The molecule has 0 N–H and O–H groups in total. The Morgan fingerprint density at radius 1 is 1.06 bits per heavy atom. The number of benzene rings is 2. The smallest absolute Gasteiger partial charge is 0.356 e. The van der Waals surface area contributed by atoms with Crippen LogP contribution < -0.4 is 0 Å². The average molecular weight is 500 g/mol. The molecule has 0 saturated carbocycles. The Kier molecular flexibility index (Phi) is 5.37. The van der Waals surface area contributed by atoms with E-state index in [0.29, 0.717) is 5.56 Å². The van der Waals surface area contributed by atoms with Gasteiger partial charge in [-0.15, -0.1) is 11.8 Å². The third kappa shape index (κ3) is 3.35. The molecule has 10 nitrogen and oxygen atoms in total. The predicted molar refractivity (Wildman–Crippen MR) is 120 cm³/mol. The fraction of sp³-hybridized carbons (Fsp3) is 0.182. The van der Waals surface area contributed by atoms with Crippen LogP contribution in [0.25, 0.3) is 0 Å². The first-order chi connectivity index (χ1) is 16.3. The van der Waals surface area contributed by atoms with Crippen molar-refractivity contribution in [1.82, 2.24) is 9.80 Å². The molecule has 0 aliphatic carbocycles. The largest absolute Gasteiger partial charge is 0.456 e. The summed E-state index contributed by atoms with van der Waals surface area (Å²) >= 11 is 7.49. The summed E-state index contributed by atoms with van der Waals surface area (Å²) < 4.78 is 5.29. The fourth-order valence-corrected chi connectivity index (χ4v) is 5.64. The molecule has 0 bridgehead atoms. The highest BCUT2D eigenvalue weighted by atomic mass is 35.5. The van der Waals surface area contributed by atoms with Gasteiger partial charge in [0.2, 0.25) is 0 Å². The lowest BCUT2D eigenvalue weighted by Crippen LogP contribution is -2.71. The number of fused-ring (bicyclic) bond motifs is 2. The molecule has 0 spiro atoms. The molecule has 5 rings (SSSR count). The van der Waals surface area contributed by atoms with Crippen LogP contribution in [-0.4, -0.2) is 55.6 Å². The van der Waals surface area contributed by atoms with Crippen molar-refractivity contribution in [2.24, 2.45) is 0 Å². The molecule has 1 fully saturated rings. The quantitative estimate of drug-likeness (QED) is 0.202. The van der Waals surface area contributed by atoms with Crippen LogP contribution in [0.15, 0.2) is 59.3 Å². The van der Waals surface area contributed by atoms with Gasteiger partial charge in [0.15, 0.2) is 0 Å². The summed E-state index contributed by atoms with van der Waals surface area (Å²) in [6.07, 6.45) is 0. The van der Waals surface area contributed by atoms with Crippen molar-refractivity contribution in [1.29, 1.82) is 0 Å². The number of esters is 1. The zero-order valence-corrected chi connectivity index (χ0v) is 18.7. The van der Waals surface area contributed by atoms with Crippen LogP contribution in [0, 0.1) is 10.1 Å². The zero-order valence-electron chi connectivity index (χ0n) is 17.2. The van der Waals surface area contributed by atoms with Crippen LogP contribution in [0.5, 0.6) is 0 Å². The van der Waals surface area contributed by atoms with Gasteiger partial charge in [-0.1, -0.05) is 23.7 Å². The Bertz CT molecular complexity index is 1270. The third-order valence-electron chi connectivity index (χ3n) is 5.71. The Balaban J connectivity index is 1.32. The van der Waals surface area contributed by atoms with Crippen LogP contribution in [0.3, 0.4) is 0 Å². The van der Waals surface area contributed by atoms with Crippen molar-refractivity contribution in [3.05, 3.63) is 86.1 Å². The molecule has 0 aromatic heterocycles. The second kappa shape index (κ2) is 8.26. The van der Waals surface area contributed by atoms with Gasteiger partial charge in [0.1, 0.15) is 23.7 Å². The zero-order chi connectivity index (χ0) is 24.1. The van der Waals surface area contributed by atoms with E-state index < -0.39 is 40.0 Å². The highest BCUT2D eigenvalue weighted by Crippen LogP contribution is 2.45. The first-order valence-electron chi connectivity index (χ1n) is 10.0. The number of halogens is 1. The second-order valence-electron chi connectivity index (χ2n) is 7.63. The minimum absolute atomic E-state index is 0.0987. The van der Waals surface area contributed by atoms with Crippen molar-refractivity contribution in [3.63, 3.8) is 0 Å². The number of imide groups is 1. The van der Waals surface area contributed by atoms with Gasteiger partial charge in [0.05, 0.1) is 21.1 Å². The molecule has 172 valence electrons. The molecule has 2 aromatic rings. The van der Waals surface area contributed by atoms with Crippen LogP contribution in [0.2, 0.25) is 0 Å². The number of amides is 3. The number of nitro benzene ring substituents is 1. The van der Waals surface area contributed by atoms with Crippen molar-refractivity contribution in [2.75, 3.05) is 5.75 Å². The first kappa shape index (κ1) is 22.1. The van der Waals surface area contributed by atoms with Crippen molar-refractivity contribution < 1.29 is 28.8 Å². The van der Waals surface area contributed by atoms with E-state index in [1.54, 1.807) is 12.1 Å². The van der Waals surface area contributed by atoms with Gasteiger partial charge in [-0.2, -0.15) is 0 Å². The molecule has 3 heterocycles. The summed E-state index contributed by atoms with van der Waals surface area (Å²) in [5.41, 5.74) is 0.742. The highest BCUT2D eigenvalue weighted by molar-refractivity contribution is 8.00. The van der Waals surface area contributed by atoms with Gasteiger partial charge in [0, 0.05) is 17.9 Å². The van der Waals surface area contributed by atoms with Crippen LogP contribution in [0.1, 0.15) is 26.3 Å². The lowest BCUT2D eigenvalue weighted by Gasteiger charge is -2.51. The summed E-state index contributed by atoms with van der Waals surface area (Å²) in [6, 6.07) is 10.8. The minimum atomic E-state index is -1.06. The number of thioether (sulfide) groups is 1. The molecule has 3 amide bonds. The van der Waals surface area contributed by atoms with E-state index >= 15 is 0 Å². The Labute approximate surface area is 201 Å². The van der Waals surface area contributed by atoms with Gasteiger partial charge < -0.3 is 4.74 Å². The first-order valence-corrected chi connectivity index (χ1v) is 11.4. The maximum Gasteiger partial charge on any atom is 0.356 e. The van der Waals surface area contributed by atoms with Gasteiger partial charge in [0.25, 0.3) is 23.4 Å². The number of carbonyl (C=O) groups is 4. The van der Waals surface area contributed by atoms with Crippen LogP contribution >= 0.6 is 23.4 Å². The fourth-order valence-electron chi connectivity index (χ4n) is 4.05. The number of nitrogens with zero attached hydrogens (tertiary/aromatic N) is 3. The molecule has 12 heteroatoms. The van der Waals surface area contributed by atoms with Crippen LogP contribution in [-0.2, 0) is 20.9 Å². The second-order valence-corrected chi connectivity index (χ2v) is 9.19. The average Bonchev–Trinajstić information content (AvgIpc) is 3.08. The van der Waals surface area contributed by atoms with E-state index in [1.165, 1.54) is 48.2 Å². The van der Waals surface area contributed by atoms with Gasteiger partial charge in [-0.3, -0.25) is 34.3 Å². The number of non-ortho nitro benzene ring substituents is 1. The van der Waals surface area contributed by atoms with E-state index in [0.717, 1.165) is 9.80 Å². The van der Waals surface area contributed by atoms with Crippen molar-refractivity contribution >= 4 is 52.7 Å². The lowest BCUT2D eigenvalue weighted by atomic mass is 10.0. The Morgan fingerprint density at radius 2 is 1.68 bits per heavy atom. The summed E-state index contributed by atoms with van der Waals surface area (Å²) in [5, 5.41) is 10.2. The summed E-state index contributed by atoms with van der Waals surface area (Å²) in [7, 11) is 0. The number of β-lactam (4-membered cyclic amide) rings is 1. The standard InChI is InChI=1S/C22H14ClN3O7S/c23-15-10-34-21-17(24-18(27)13-3-1-2-4-14(13)19(24)28)20(29)25(21)16(15)22(30)33-9-11-5-7-12(8-6-11)26(31)32/h1-8,17,21H,9-10H2/t17?,21-/m1/s1. The number of hydrogen-bond acceptors (Lipinski definition) is 8. The highest BCUT2D eigenvalue weighted by Gasteiger charge is 2.60. The Hall–Kier alpha value is -3.70. The number of hydrogen-bond donors (Lipinski definition) is 0. The van der Waals surface area contributed by atoms with Gasteiger partial charge in [-0.05, 0) is 29.8 Å². The molecule has 2 aromatic carbocycles. The van der Waals surface area contributed by atoms with E-state index in [-0.39, 0.29) is 39.9 Å². The molecule has 3 aliphatic rings. The van der Waals surface area contributed by atoms with E-state index in [9.17, 15) is 29.3 Å². The molecule has 1 unspecified atom stereocenters. The molecule has 2 atom stereocenters. The predicted octanol–water partition coefficient (Wildman–Crippen LogP) is 2.67. The molecule has 34 heavy (non-hydrogen) atoms. The normalized spacial score (nSPS) is 21.3. The molecular formula is C22H14ClN3O7S. The summed E-state index contributed by atoms with van der Waals surface area (Å²) in [6.45, 7) is -0.188. The van der Waals surface area contributed by atoms with Crippen molar-refractivity contribution in [2.45, 2.75) is 18.0 Å². The third-order valence-corrected chi connectivity index (χ3v) is 7.44. The monoisotopic (exact) mass is 499 g/mol. The summed E-state index contributed by atoms with van der Waals surface area (Å²) in [4.78, 5) is 63.8. The lowest BCUT2D eigenvalue weighted by molar-refractivity contribution is -0.384. The van der Waals surface area contributed by atoms with Gasteiger partial charge >= 0.3 is 5.97 Å². The van der Waals surface area contributed by atoms with E-state index in [2.05, 4.69) is 0 Å². The Morgan fingerprint density at radius 3 is 2.26 bits per heavy atom. The number of ether oxygens (including phenoxy) is 1. The molecular weight excluding hydrogens is 486 g/mol. The SMILES string of the molecule is O=C(OCc1ccc([N+](=O)[O-])cc1)C1=C(Cl)CS[C@@H]2C(N3C(=O)c4ccccc4C3=O)C(=O)N12.